The molecular weight excluding hydrogens is 376 g/mol. The van der Waals surface area contributed by atoms with Crippen LogP contribution < -0.4 is 5.43 Å². The quantitative estimate of drug-likeness (QED) is 0.644. The van der Waals surface area contributed by atoms with Crippen LogP contribution in [0.2, 0.25) is 0 Å². The predicted octanol–water partition coefficient (Wildman–Crippen LogP) is 4.57. The summed E-state index contributed by atoms with van der Waals surface area (Å²) in [4.78, 5) is 26.1. The summed E-state index contributed by atoms with van der Waals surface area (Å²) in [7, 11) is 0. The third-order valence-electron chi connectivity index (χ3n) is 5.24. The maximum Gasteiger partial charge on any atom is 0.200 e. The Labute approximate surface area is 166 Å². The van der Waals surface area contributed by atoms with Crippen molar-refractivity contribution in [1.82, 2.24) is 4.57 Å². The Morgan fingerprint density at radius 3 is 2.45 bits per heavy atom. The summed E-state index contributed by atoms with van der Waals surface area (Å²) in [5, 5.41) is 9.32. The highest BCUT2D eigenvalue weighted by Gasteiger charge is 2.28. The van der Waals surface area contributed by atoms with Crippen LogP contribution in [0.3, 0.4) is 0 Å². The predicted molar refractivity (Wildman–Crippen MR) is 105 cm³/mol. The number of carbonyl (C=O) groups excluding carboxylic acids is 1. The molecule has 6 heteroatoms. The molecule has 1 fully saturated rings. The number of nitrogens with zero attached hydrogens (tertiary/aromatic N) is 1. The van der Waals surface area contributed by atoms with Gasteiger partial charge in [-0.15, -0.1) is 0 Å². The Bertz CT molecular complexity index is 1160. The van der Waals surface area contributed by atoms with Gasteiger partial charge in [0.15, 0.2) is 22.8 Å². The highest BCUT2D eigenvalue weighted by atomic mass is 19.1. The van der Waals surface area contributed by atoms with Crippen LogP contribution in [0.5, 0.6) is 5.75 Å². The van der Waals surface area contributed by atoms with Crippen molar-refractivity contribution < 1.29 is 18.7 Å². The van der Waals surface area contributed by atoms with Gasteiger partial charge in [0.25, 0.3) is 0 Å². The number of ketones is 1. The van der Waals surface area contributed by atoms with Crippen molar-refractivity contribution >= 4 is 5.78 Å². The lowest BCUT2D eigenvalue weighted by Crippen LogP contribution is -2.23. The second-order valence-electron chi connectivity index (χ2n) is 7.36. The van der Waals surface area contributed by atoms with Crippen molar-refractivity contribution in [1.29, 1.82) is 0 Å². The van der Waals surface area contributed by atoms with Crippen LogP contribution in [0.4, 0.5) is 8.78 Å². The number of Topliss-reactive ketones (excluding diaryl/α,β-unsaturated/α-hetero) is 1. The first-order valence-electron chi connectivity index (χ1n) is 9.37. The SMILES string of the molecule is Cc1c(-c2ccc(F)cc2)c(=O)c(C(=O)Cc2ccc(O)c(F)c2)cn1C1CC1. The van der Waals surface area contributed by atoms with Gasteiger partial charge in [-0.25, -0.2) is 8.78 Å². The van der Waals surface area contributed by atoms with Gasteiger partial charge in [0.05, 0.1) is 5.56 Å². The lowest BCUT2D eigenvalue weighted by Gasteiger charge is -2.16. The van der Waals surface area contributed by atoms with Gasteiger partial charge in [0.2, 0.25) is 0 Å². The lowest BCUT2D eigenvalue weighted by atomic mass is 9.97. The molecule has 0 bridgehead atoms. The molecule has 4 rings (SSSR count). The summed E-state index contributed by atoms with van der Waals surface area (Å²) in [6.45, 7) is 1.82. The maximum absolute atomic E-state index is 13.6. The van der Waals surface area contributed by atoms with Gasteiger partial charge in [0.1, 0.15) is 5.82 Å². The Kier molecular flexibility index (Phi) is 4.78. The monoisotopic (exact) mass is 395 g/mol. The van der Waals surface area contributed by atoms with Gasteiger partial charge in [0, 0.05) is 29.9 Å². The molecule has 0 atom stereocenters. The Morgan fingerprint density at radius 1 is 1.14 bits per heavy atom. The standard InChI is InChI=1S/C23H19F2NO3/c1-13-22(15-3-5-16(24)6-4-15)23(29)18(12-26(13)17-7-8-17)21(28)11-14-2-9-20(27)19(25)10-14/h2-6,9-10,12,17,27H,7-8,11H2,1H3. The van der Waals surface area contributed by atoms with Crippen LogP contribution in [0.25, 0.3) is 11.1 Å². The molecule has 0 amide bonds. The van der Waals surface area contributed by atoms with Crippen molar-refractivity contribution in [3.8, 4) is 16.9 Å². The smallest absolute Gasteiger partial charge is 0.200 e. The van der Waals surface area contributed by atoms with E-state index >= 15 is 0 Å². The number of halogens is 2. The largest absolute Gasteiger partial charge is 0.505 e. The number of hydrogen-bond acceptors (Lipinski definition) is 3. The van der Waals surface area contributed by atoms with E-state index in [9.17, 15) is 23.5 Å². The number of hydrogen-bond donors (Lipinski definition) is 1. The summed E-state index contributed by atoms with van der Waals surface area (Å²) in [6, 6.07) is 9.56. The fraction of sp³-hybridized carbons (Fsp3) is 0.217. The minimum atomic E-state index is -0.818. The van der Waals surface area contributed by atoms with E-state index in [4.69, 9.17) is 0 Å². The molecule has 1 N–H and O–H groups in total. The normalized spacial score (nSPS) is 13.5. The summed E-state index contributed by atoms with van der Waals surface area (Å²) in [5.41, 5.74) is 1.63. The van der Waals surface area contributed by atoms with Crippen molar-refractivity contribution in [2.75, 3.05) is 0 Å². The van der Waals surface area contributed by atoms with E-state index in [0.717, 1.165) is 24.6 Å². The van der Waals surface area contributed by atoms with Gasteiger partial charge in [-0.3, -0.25) is 9.59 Å². The average Bonchev–Trinajstić information content (AvgIpc) is 3.51. The van der Waals surface area contributed by atoms with Crippen LogP contribution in [-0.2, 0) is 6.42 Å². The first-order chi connectivity index (χ1) is 13.8. The number of pyridine rings is 1. The van der Waals surface area contributed by atoms with E-state index in [1.54, 1.807) is 6.20 Å². The topological polar surface area (TPSA) is 59.3 Å². The number of aromatic hydroxyl groups is 1. The zero-order chi connectivity index (χ0) is 20.7. The molecule has 0 spiro atoms. The van der Waals surface area contributed by atoms with Gasteiger partial charge >= 0.3 is 0 Å². The summed E-state index contributed by atoms with van der Waals surface area (Å²) in [5.74, 6) is -2.15. The average molecular weight is 395 g/mol. The Balaban J connectivity index is 1.80. The molecule has 0 radical (unpaired) electrons. The van der Waals surface area contributed by atoms with E-state index in [1.165, 1.54) is 36.4 Å². The van der Waals surface area contributed by atoms with Gasteiger partial charge in [-0.2, -0.15) is 0 Å². The third kappa shape index (κ3) is 3.70. The van der Waals surface area contributed by atoms with Crippen LogP contribution in [0.1, 0.15) is 40.5 Å². The molecule has 0 aliphatic heterocycles. The van der Waals surface area contributed by atoms with Crippen molar-refractivity contribution in [2.24, 2.45) is 0 Å². The minimum Gasteiger partial charge on any atom is -0.505 e. The van der Waals surface area contributed by atoms with E-state index < -0.39 is 28.6 Å². The van der Waals surface area contributed by atoms with Gasteiger partial charge in [-0.1, -0.05) is 18.2 Å². The molecule has 29 heavy (non-hydrogen) atoms. The number of benzene rings is 2. The van der Waals surface area contributed by atoms with Crippen LogP contribution in [-0.4, -0.2) is 15.5 Å². The lowest BCUT2D eigenvalue weighted by molar-refractivity contribution is 0.0991. The first-order valence-corrected chi connectivity index (χ1v) is 9.37. The third-order valence-corrected chi connectivity index (χ3v) is 5.24. The molecule has 1 aliphatic carbocycles. The van der Waals surface area contributed by atoms with Gasteiger partial charge in [-0.05, 0) is 55.2 Å². The molecule has 1 aliphatic rings. The fourth-order valence-electron chi connectivity index (χ4n) is 3.55. The Morgan fingerprint density at radius 2 is 1.83 bits per heavy atom. The number of phenolic OH excluding ortho intramolecular Hbond substituents is 1. The molecule has 1 heterocycles. The summed E-state index contributed by atoms with van der Waals surface area (Å²) < 4.78 is 28.9. The molecule has 3 aromatic rings. The van der Waals surface area contributed by atoms with E-state index in [0.29, 0.717) is 16.7 Å². The van der Waals surface area contributed by atoms with Crippen molar-refractivity contribution in [2.45, 2.75) is 32.2 Å². The molecule has 0 unspecified atom stereocenters. The van der Waals surface area contributed by atoms with E-state index in [1.807, 2.05) is 11.5 Å². The second kappa shape index (κ2) is 7.28. The second-order valence-corrected chi connectivity index (χ2v) is 7.36. The molecule has 1 aromatic heterocycles. The van der Waals surface area contributed by atoms with Crippen LogP contribution in [0, 0.1) is 18.6 Å². The number of aromatic nitrogens is 1. The molecule has 0 saturated heterocycles. The highest BCUT2D eigenvalue weighted by Crippen LogP contribution is 2.37. The van der Waals surface area contributed by atoms with Crippen LogP contribution in [0.15, 0.2) is 53.5 Å². The van der Waals surface area contributed by atoms with E-state index in [-0.39, 0.29) is 18.0 Å². The number of phenols is 1. The minimum absolute atomic E-state index is 0.0234. The Hall–Kier alpha value is -3.28. The van der Waals surface area contributed by atoms with Crippen molar-refractivity contribution in [3.63, 3.8) is 0 Å². The summed E-state index contributed by atoms with van der Waals surface area (Å²) >= 11 is 0. The molecule has 1 saturated carbocycles. The van der Waals surface area contributed by atoms with E-state index in [2.05, 4.69) is 0 Å². The first kappa shape index (κ1) is 19.1. The molecule has 4 nitrogen and oxygen atoms in total. The zero-order valence-corrected chi connectivity index (χ0v) is 15.8. The summed E-state index contributed by atoms with van der Waals surface area (Å²) in [6.07, 6.45) is 3.34. The number of carbonyl (C=O) groups is 1. The molecule has 2 aromatic carbocycles. The van der Waals surface area contributed by atoms with Crippen LogP contribution >= 0.6 is 0 Å². The van der Waals surface area contributed by atoms with Crippen molar-refractivity contribution in [3.05, 3.63) is 87.3 Å². The number of rotatable bonds is 5. The molecule has 148 valence electrons. The molecular formula is C23H19F2NO3. The highest BCUT2D eigenvalue weighted by molar-refractivity contribution is 5.98. The van der Waals surface area contributed by atoms with Gasteiger partial charge < -0.3 is 9.67 Å². The fourth-order valence-corrected chi connectivity index (χ4v) is 3.55. The zero-order valence-electron chi connectivity index (χ0n) is 15.8. The maximum atomic E-state index is 13.6.